The van der Waals surface area contributed by atoms with Gasteiger partial charge in [0, 0.05) is 28.1 Å². The molecule has 0 spiro atoms. The minimum absolute atomic E-state index is 0.0107. The second-order valence-electron chi connectivity index (χ2n) is 28.1. The lowest BCUT2D eigenvalue weighted by Gasteiger charge is -2.30. The number of alkyl halides is 6. The van der Waals surface area contributed by atoms with Crippen LogP contribution in [0.5, 0.6) is 0 Å². The van der Waals surface area contributed by atoms with Crippen molar-refractivity contribution in [3.63, 3.8) is 0 Å². The molecule has 0 aromatic rings. The van der Waals surface area contributed by atoms with Crippen LogP contribution in [0.1, 0.15) is 208 Å². The van der Waals surface area contributed by atoms with E-state index in [0.29, 0.717) is 74.0 Å². The third-order valence-corrected chi connectivity index (χ3v) is 24.3. The Labute approximate surface area is 564 Å². The number of sulfonamides is 5. The third kappa shape index (κ3) is 28.9. The lowest BCUT2D eigenvalue weighted by molar-refractivity contribution is -0.159. The summed E-state index contributed by atoms with van der Waals surface area (Å²) in [5, 5.41) is -0.382. The monoisotopic (exact) mass is 1490 g/mol. The maximum atomic E-state index is 12.2. The maximum absolute atomic E-state index is 12.2. The summed E-state index contributed by atoms with van der Waals surface area (Å²) >= 11 is 0. The van der Waals surface area contributed by atoms with E-state index in [1.54, 1.807) is 48.5 Å². The molecule has 0 aliphatic heterocycles. The van der Waals surface area contributed by atoms with Gasteiger partial charge in [0.05, 0.1) is 23.2 Å². The summed E-state index contributed by atoms with van der Waals surface area (Å²) in [6, 6.07) is 0. The third-order valence-electron chi connectivity index (χ3n) is 19.2. The zero-order valence-electron chi connectivity index (χ0n) is 58.6. The number of hydrogen-bond donors (Lipinski definition) is 5. The van der Waals surface area contributed by atoms with Crippen LogP contribution >= 0.6 is 0 Å². The van der Waals surface area contributed by atoms with E-state index in [1.807, 2.05) is 32.4 Å². The van der Waals surface area contributed by atoms with Crippen LogP contribution in [0, 0.1) is 80.8 Å². The number of rotatable bonds is 21. The number of ether oxygens (including phenoxy) is 2. The highest BCUT2D eigenvalue weighted by Gasteiger charge is 2.55. The zero-order chi connectivity index (χ0) is 75.7. The summed E-state index contributed by atoms with van der Waals surface area (Å²) in [5.41, 5.74) is -13.8. The standard InChI is InChI=1S/C12H23NO3S.C12H20O5.C11H16F3NO3S.C11H19NO3S.C7H12F3NO3S.C7H15NO3S/c1-4-12(2,3)11(14)13-17(15,16)10-8-6-5-7-9-10;1-5-12(3,4)11(15)17-7-6-16-10(14)8-9(2)13;1-5-6(2)8-3-7(5)4-9(8)10(16)15-19(17,18)11(12,13)14;1-6-7(2)9-4-8(6)5-10(9)11(13)12-16(3,14)15;1-4-6(2,3)5(12)11-15(13,14)7(8,9)10;1-5-7(2,3)6(9)8-12(4,10)11/h10H,4-9H2,1-3H3,(H,13,14);5-8H2,1-4H3;5-9H,3-4H2,1-2H3,(H,15,16);6-10H,4-5H2,1-3H3,(H,12,13);4H2,1-3H3,(H,11,12);5H2,1-4H3,(H,8,9). The van der Waals surface area contributed by atoms with Gasteiger partial charge in [0.1, 0.15) is 25.4 Å². The molecule has 0 aromatic carbocycles. The van der Waals surface area contributed by atoms with Crippen molar-refractivity contribution in [1.29, 1.82) is 0 Å². The van der Waals surface area contributed by atoms with Crippen LogP contribution in [0.15, 0.2) is 0 Å². The average Bonchev–Trinajstić information content (AvgIpc) is 1.61. The second kappa shape index (κ2) is 36.1. The van der Waals surface area contributed by atoms with Crippen LogP contribution in [0.2, 0.25) is 0 Å². The Morgan fingerprint density at radius 3 is 1.09 bits per heavy atom. The summed E-state index contributed by atoms with van der Waals surface area (Å²) < 4.78 is 201. The van der Waals surface area contributed by atoms with Gasteiger partial charge in [-0.25, -0.2) is 34.7 Å². The van der Waals surface area contributed by atoms with E-state index >= 15 is 0 Å². The molecule has 25 nitrogen and oxygen atoms in total. The Morgan fingerprint density at radius 1 is 0.438 bits per heavy atom. The minimum atomic E-state index is -5.59. The van der Waals surface area contributed by atoms with Gasteiger partial charge < -0.3 is 9.47 Å². The predicted octanol–water partition coefficient (Wildman–Crippen LogP) is 8.45. The molecule has 0 radical (unpaired) electrons. The molecule has 36 heteroatoms. The molecule has 562 valence electrons. The molecule has 5 amide bonds. The van der Waals surface area contributed by atoms with Gasteiger partial charge in [0.15, 0.2) is 0 Å². The number of esters is 2. The SMILES string of the molecule is CC1C2CC(C(=O)NS(=O)(=O)C(F)(F)F)C(C2)C1C.CC1C2CC(C(=O)NS(C)(=O)=O)C(C2)C1C.CCC(C)(C)C(=O)NS(=O)(=O)C(F)(F)F.CCC(C)(C)C(=O)NS(=O)(=O)C1CCCCC1.CCC(C)(C)C(=O)NS(C)(=O)=O.CCC(C)(C)C(=O)OCCOC(=O)CC(C)=O. The first-order valence-corrected chi connectivity index (χ1v) is 40.0. The molecule has 10 atom stereocenters. The molecule has 5 rings (SSSR count). The van der Waals surface area contributed by atoms with Crippen molar-refractivity contribution in [2.24, 2.45) is 80.8 Å². The Kier molecular flexibility index (Phi) is 34.3. The molecule has 10 unspecified atom stereocenters. The van der Waals surface area contributed by atoms with Crippen LogP contribution < -0.4 is 23.6 Å². The summed E-state index contributed by atoms with van der Waals surface area (Å²) in [6.07, 6.45) is 11.5. The van der Waals surface area contributed by atoms with Gasteiger partial charge in [0.25, 0.3) is 0 Å². The summed E-state index contributed by atoms with van der Waals surface area (Å²) in [6.45, 7) is 30.2. The van der Waals surface area contributed by atoms with Crippen molar-refractivity contribution in [3.05, 3.63) is 0 Å². The van der Waals surface area contributed by atoms with E-state index in [2.05, 4.69) is 30.2 Å². The number of carbonyl (C=O) groups is 8. The summed E-state index contributed by atoms with van der Waals surface area (Å²) in [5.74, 6) is -2.01. The molecule has 5 N–H and O–H groups in total. The normalized spacial score (nSPS) is 23.7. The average molecular weight is 1490 g/mol. The van der Waals surface area contributed by atoms with Crippen molar-refractivity contribution in [2.75, 3.05) is 25.7 Å². The number of ketones is 1. The van der Waals surface area contributed by atoms with Crippen LogP contribution in [-0.4, -0.2) is 131 Å². The first-order valence-electron chi connectivity index (χ1n) is 31.7. The molecule has 5 aliphatic carbocycles. The summed E-state index contributed by atoms with van der Waals surface area (Å²) in [4.78, 5) is 90.9. The lowest BCUT2D eigenvalue weighted by atomic mass is 9.75. The van der Waals surface area contributed by atoms with Crippen molar-refractivity contribution in [1.82, 2.24) is 23.6 Å². The molecular weight excluding hydrogens is 1380 g/mol. The number of carbonyl (C=O) groups excluding carboxylic acids is 8. The van der Waals surface area contributed by atoms with Gasteiger partial charge >= 0.3 is 43.0 Å². The number of halogens is 6. The second-order valence-corrected chi connectivity index (χ2v) is 36.9. The zero-order valence-corrected chi connectivity index (χ0v) is 62.7. The fourth-order valence-corrected chi connectivity index (χ4v) is 14.7. The number of nitrogens with one attached hydrogen (secondary N) is 5. The van der Waals surface area contributed by atoms with E-state index < -0.39 is 112 Å². The van der Waals surface area contributed by atoms with Gasteiger partial charge in [0.2, 0.25) is 59.6 Å². The largest absolute Gasteiger partial charge is 0.516 e. The van der Waals surface area contributed by atoms with E-state index in [-0.39, 0.29) is 72.6 Å². The van der Waals surface area contributed by atoms with Crippen molar-refractivity contribution in [2.45, 2.75) is 224 Å². The molecule has 5 fully saturated rings. The highest BCUT2D eigenvalue weighted by Crippen LogP contribution is 2.56. The topological polar surface area (TPSA) is 386 Å². The Morgan fingerprint density at radius 2 is 0.771 bits per heavy atom. The lowest BCUT2D eigenvalue weighted by Crippen LogP contribution is -2.45. The molecule has 96 heavy (non-hydrogen) atoms. The van der Waals surface area contributed by atoms with Gasteiger partial charge in [-0.05, 0) is 132 Å². The Hall–Kier alpha value is -4.71. The van der Waals surface area contributed by atoms with Gasteiger partial charge in [-0.15, -0.1) is 0 Å². The van der Waals surface area contributed by atoms with Crippen molar-refractivity contribution in [3.8, 4) is 0 Å². The maximum Gasteiger partial charge on any atom is 0.516 e. The van der Waals surface area contributed by atoms with E-state index in [0.717, 1.165) is 55.8 Å². The molecule has 0 saturated heterocycles. The van der Waals surface area contributed by atoms with Crippen LogP contribution in [0.3, 0.4) is 0 Å². The smallest absolute Gasteiger partial charge is 0.462 e. The van der Waals surface area contributed by atoms with Crippen LogP contribution in [0.25, 0.3) is 0 Å². The number of amides is 5. The Bertz CT molecular complexity index is 3280. The van der Waals surface area contributed by atoms with Crippen LogP contribution in [-0.2, 0) is 97.9 Å². The number of Topliss-reactive ketones (excluding diaryl/α,β-unsaturated/α-hetero) is 1. The molecule has 5 saturated carbocycles. The number of hydrogen-bond acceptors (Lipinski definition) is 20. The van der Waals surface area contributed by atoms with Gasteiger partial charge in [-0.2, -0.15) is 43.2 Å². The van der Waals surface area contributed by atoms with E-state index in [1.165, 1.54) is 25.5 Å². The van der Waals surface area contributed by atoms with Crippen LogP contribution in [0.4, 0.5) is 26.3 Å². The van der Waals surface area contributed by atoms with Crippen molar-refractivity contribution < 1.29 is 116 Å². The highest BCUT2D eigenvalue weighted by atomic mass is 32.2. The summed E-state index contributed by atoms with van der Waals surface area (Å²) in [7, 11) is -21.5. The van der Waals surface area contributed by atoms with Crippen molar-refractivity contribution >= 4 is 97.4 Å². The first kappa shape index (κ1) is 91.3. The molecule has 0 aromatic heterocycles. The molecule has 4 bridgehead atoms. The molecule has 0 heterocycles. The highest BCUT2D eigenvalue weighted by molar-refractivity contribution is 7.91. The molecule has 5 aliphatic rings. The molecular formula is C60H105F6N5O20S5. The van der Waals surface area contributed by atoms with E-state index in [4.69, 9.17) is 9.47 Å². The van der Waals surface area contributed by atoms with Gasteiger partial charge in [-0.3, -0.25) is 52.5 Å². The van der Waals surface area contributed by atoms with Gasteiger partial charge in [-0.1, -0.05) is 116 Å². The number of fused-ring (bicyclic) bond motifs is 4. The fourth-order valence-electron chi connectivity index (χ4n) is 10.7. The predicted molar refractivity (Wildman–Crippen MR) is 346 cm³/mol. The fraction of sp³-hybridized carbons (Fsp3) is 0.867. The minimum Gasteiger partial charge on any atom is -0.462 e. The van der Waals surface area contributed by atoms with E-state index in [9.17, 15) is 107 Å². The Balaban J connectivity index is 0.00000113. The first-order chi connectivity index (χ1) is 43.0. The quantitative estimate of drug-likeness (QED) is 0.0311.